The highest BCUT2D eigenvalue weighted by atomic mass is 32.2. The van der Waals surface area contributed by atoms with E-state index in [-0.39, 0.29) is 12.2 Å². The zero-order valence-corrected chi connectivity index (χ0v) is 14.3. The minimum absolute atomic E-state index is 0.0346. The molecule has 0 aromatic carbocycles. The van der Waals surface area contributed by atoms with Crippen molar-refractivity contribution in [3.63, 3.8) is 0 Å². The molecule has 0 amide bonds. The van der Waals surface area contributed by atoms with Gasteiger partial charge in [0.15, 0.2) is 5.78 Å². The minimum atomic E-state index is -1.35. The Balaban J connectivity index is 2.90. The quantitative estimate of drug-likeness (QED) is 0.564. The van der Waals surface area contributed by atoms with Crippen LogP contribution in [0.15, 0.2) is 18.6 Å². The molecule has 7 nitrogen and oxygen atoms in total. The fraction of sp³-hybridized carbons (Fsp3) is 0.643. The third-order valence-electron chi connectivity index (χ3n) is 2.84. The fourth-order valence-corrected chi connectivity index (χ4v) is 2.48. The molecule has 0 fully saturated rings. The van der Waals surface area contributed by atoms with Crippen molar-refractivity contribution in [2.24, 2.45) is 0 Å². The summed E-state index contributed by atoms with van der Waals surface area (Å²) in [5.41, 5.74) is 0.541. The van der Waals surface area contributed by atoms with Gasteiger partial charge in [0, 0.05) is 44.4 Å². The molecule has 1 N–H and O–H groups in total. The van der Waals surface area contributed by atoms with Gasteiger partial charge in [-0.3, -0.25) is 14.8 Å². The molecule has 1 heterocycles. The molecule has 1 unspecified atom stereocenters. The summed E-state index contributed by atoms with van der Waals surface area (Å²) in [6.07, 6.45) is 3.69. The van der Waals surface area contributed by atoms with E-state index in [1.165, 1.54) is 26.6 Å². The molecular weight excluding hydrogens is 306 g/mol. The van der Waals surface area contributed by atoms with Gasteiger partial charge < -0.3 is 14.0 Å². The van der Waals surface area contributed by atoms with Crippen molar-refractivity contribution < 1.29 is 18.8 Å². The van der Waals surface area contributed by atoms with E-state index in [1.807, 2.05) is 20.8 Å². The first-order valence-corrected chi connectivity index (χ1v) is 7.96. The number of rotatable bonds is 8. The highest BCUT2D eigenvalue weighted by Crippen LogP contribution is 2.22. The average Bonchev–Trinajstić information content (AvgIpc) is 2.47. The van der Waals surface area contributed by atoms with Crippen LogP contribution in [-0.4, -0.2) is 45.6 Å². The Hall–Kier alpha value is -1.06. The highest BCUT2D eigenvalue weighted by Gasteiger charge is 2.32. The summed E-state index contributed by atoms with van der Waals surface area (Å²) in [7, 11) is 2.79. The number of hydrogen-bond donors (Lipinski definition) is 1. The summed E-state index contributed by atoms with van der Waals surface area (Å²) in [6, 6.07) is -0.533. The van der Waals surface area contributed by atoms with E-state index >= 15 is 0 Å². The van der Waals surface area contributed by atoms with Crippen molar-refractivity contribution >= 4 is 17.1 Å². The molecule has 0 spiro atoms. The van der Waals surface area contributed by atoms with Gasteiger partial charge in [-0.05, 0) is 20.8 Å². The first-order chi connectivity index (χ1) is 10.3. The van der Waals surface area contributed by atoms with Gasteiger partial charge in [0.1, 0.15) is 10.8 Å². The Kier molecular flexibility index (Phi) is 7.37. The molecule has 22 heavy (non-hydrogen) atoms. The van der Waals surface area contributed by atoms with Crippen LogP contribution >= 0.6 is 0 Å². The minimum Gasteiger partial charge on any atom is -0.598 e. The van der Waals surface area contributed by atoms with Crippen LogP contribution in [0.5, 0.6) is 0 Å². The van der Waals surface area contributed by atoms with Gasteiger partial charge in [-0.1, -0.05) is 0 Å². The van der Waals surface area contributed by atoms with Crippen molar-refractivity contribution in [3.05, 3.63) is 24.3 Å². The summed E-state index contributed by atoms with van der Waals surface area (Å²) >= 11 is -1.35. The average molecular weight is 329 g/mol. The molecule has 0 bridgehead atoms. The predicted octanol–water partition coefficient (Wildman–Crippen LogP) is 1.15. The van der Waals surface area contributed by atoms with E-state index in [2.05, 4.69) is 14.7 Å². The number of ketones is 1. The molecule has 0 aliphatic heterocycles. The Bertz CT molecular complexity index is 463. The number of nitrogens with one attached hydrogen (secondary N) is 1. The Morgan fingerprint density at radius 1 is 1.36 bits per heavy atom. The van der Waals surface area contributed by atoms with Crippen molar-refractivity contribution in [1.29, 1.82) is 0 Å². The fourth-order valence-electron chi connectivity index (χ4n) is 1.66. The molecular formula is C14H23N3O4S. The summed E-state index contributed by atoms with van der Waals surface area (Å²) in [5.74, 6) is -0.265. The number of Topliss-reactive ketones (excluding diaryl/α,β-unsaturated/α-hetero) is 1. The molecule has 124 valence electrons. The first kappa shape index (κ1) is 19.0. The second-order valence-corrected chi connectivity index (χ2v) is 7.65. The lowest BCUT2D eigenvalue weighted by atomic mass is 10.1. The van der Waals surface area contributed by atoms with Crippen molar-refractivity contribution in [2.45, 2.75) is 44.3 Å². The van der Waals surface area contributed by atoms with Crippen LogP contribution in [0, 0.1) is 0 Å². The van der Waals surface area contributed by atoms with E-state index in [0.29, 0.717) is 5.69 Å². The second kappa shape index (κ2) is 8.54. The normalized spacial score (nSPS) is 14.9. The molecule has 0 radical (unpaired) electrons. The number of aromatic nitrogens is 2. The van der Waals surface area contributed by atoms with Gasteiger partial charge in [0.05, 0.1) is 11.9 Å². The van der Waals surface area contributed by atoms with Crippen molar-refractivity contribution in [2.75, 3.05) is 14.2 Å². The third-order valence-corrected chi connectivity index (χ3v) is 4.45. The van der Waals surface area contributed by atoms with Gasteiger partial charge in [0.25, 0.3) is 0 Å². The zero-order valence-electron chi connectivity index (χ0n) is 13.5. The van der Waals surface area contributed by atoms with E-state index < -0.39 is 28.4 Å². The molecule has 0 aliphatic rings. The maximum absolute atomic E-state index is 12.3. The van der Waals surface area contributed by atoms with Gasteiger partial charge in [0.2, 0.25) is 6.29 Å². The number of carbonyl (C=O) groups excluding carboxylic acids is 1. The van der Waals surface area contributed by atoms with Gasteiger partial charge in [-0.25, -0.2) is 0 Å². The van der Waals surface area contributed by atoms with Crippen LogP contribution in [0.1, 0.15) is 38.9 Å². The zero-order chi connectivity index (χ0) is 16.8. The summed E-state index contributed by atoms with van der Waals surface area (Å²) < 4.78 is 24.7. The Labute approximate surface area is 134 Å². The van der Waals surface area contributed by atoms with Gasteiger partial charge in [-0.15, -0.1) is 4.72 Å². The predicted molar refractivity (Wildman–Crippen MR) is 83.2 cm³/mol. The maximum Gasteiger partial charge on any atom is 0.217 e. The Morgan fingerprint density at radius 3 is 2.45 bits per heavy atom. The molecule has 1 rings (SSSR count). The van der Waals surface area contributed by atoms with Crippen LogP contribution in [0.3, 0.4) is 0 Å². The van der Waals surface area contributed by atoms with Crippen LogP contribution in [0.4, 0.5) is 0 Å². The lowest BCUT2D eigenvalue weighted by Gasteiger charge is -2.27. The molecule has 1 aromatic heterocycles. The lowest BCUT2D eigenvalue weighted by Crippen LogP contribution is -2.42. The third kappa shape index (κ3) is 5.62. The van der Waals surface area contributed by atoms with E-state index in [9.17, 15) is 9.35 Å². The molecule has 0 saturated heterocycles. The SMILES string of the molecule is COC(OC)C(=O)C[C@H](N[S+]([O-])C(C)(C)C)c1cnccn1. The molecule has 0 aliphatic carbocycles. The maximum atomic E-state index is 12.3. The summed E-state index contributed by atoms with van der Waals surface area (Å²) in [6.45, 7) is 5.54. The van der Waals surface area contributed by atoms with E-state index in [0.717, 1.165) is 0 Å². The summed E-state index contributed by atoms with van der Waals surface area (Å²) in [5, 5.41) is 0. The topological polar surface area (TPSA) is 96.4 Å². The van der Waals surface area contributed by atoms with Crippen molar-refractivity contribution in [1.82, 2.24) is 14.7 Å². The molecule has 0 saturated carbocycles. The van der Waals surface area contributed by atoms with Gasteiger partial charge in [-0.2, -0.15) is 0 Å². The number of ether oxygens (including phenoxy) is 2. The van der Waals surface area contributed by atoms with Crippen LogP contribution in [-0.2, 0) is 25.6 Å². The molecule has 2 atom stereocenters. The van der Waals surface area contributed by atoms with Crippen LogP contribution in [0.2, 0.25) is 0 Å². The second-order valence-electron chi connectivity index (χ2n) is 5.66. The van der Waals surface area contributed by atoms with Crippen molar-refractivity contribution in [3.8, 4) is 0 Å². The number of methoxy groups -OCH3 is 2. The number of carbonyl (C=O) groups is 1. The Morgan fingerprint density at radius 2 is 2.00 bits per heavy atom. The number of hydrogen-bond acceptors (Lipinski definition) is 7. The van der Waals surface area contributed by atoms with Crippen LogP contribution < -0.4 is 4.72 Å². The molecule has 1 aromatic rings. The number of nitrogens with zero attached hydrogens (tertiary/aromatic N) is 2. The summed E-state index contributed by atoms with van der Waals surface area (Å²) in [4.78, 5) is 20.4. The van der Waals surface area contributed by atoms with Gasteiger partial charge >= 0.3 is 0 Å². The van der Waals surface area contributed by atoms with E-state index in [1.54, 1.807) is 6.20 Å². The highest BCUT2D eigenvalue weighted by molar-refractivity contribution is 7.90. The molecule has 8 heteroatoms. The first-order valence-electron chi connectivity index (χ1n) is 6.81. The smallest absolute Gasteiger partial charge is 0.217 e. The standard InChI is InChI=1S/C14H23N3O4S/c1-14(2,3)22(19)17-10(11-9-15-6-7-16-11)8-12(18)13(20-4)21-5/h6-7,9-10,13,17H,8H2,1-5H3/t10-,22?/m0/s1. The largest absolute Gasteiger partial charge is 0.598 e. The monoisotopic (exact) mass is 329 g/mol. The lowest BCUT2D eigenvalue weighted by molar-refractivity contribution is -0.157. The van der Waals surface area contributed by atoms with Crippen LogP contribution in [0.25, 0.3) is 0 Å². The van der Waals surface area contributed by atoms with E-state index in [4.69, 9.17) is 9.47 Å².